The number of hydrogen-bond acceptors (Lipinski definition) is 3. The minimum atomic E-state index is -0.450. The van der Waals surface area contributed by atoms with Gasteiger partial charge >= 0.3 is 0 Å². The second-order valence-corrected chi connectivity index (χ2v) is 3.89. The molecule has 1 saturated heterocycles. The van der Waals surface area contributed by atoms with Crippen LogP contribution >= 0.6 is 0 Å². The highest BCUT2D eigenvalue weighted by atomic mass is 16.5. The normalized spacial score (nSPS) is 39.4. The van der Waals surface area contributed by atoms with Gasteiger partial charge in [0.05, 0.1) is 18.6 Å². The number of methoxy groups -OCH3 is 1. The third-order valence-corrected chi connectivity index (χ3v) is 2.98. The zero-order chi connectivity index (χ0) is 9.42. The lowest BCUT2D eigenvalue weighted by atomic mass is 9.88. The van der Waals surface area contributed by atoms with Gasteiger partial charge in [0.25, 0.3) is 0 Å². The van der Waals surface area contributed by atoms with E-state index in [-0.39, 0.29) is 5.91 Å². The van der Waals surface area contributed by atoms with Gasteiger partial charge in [-0.1, -0.05) is 0 Å². The number of nitrogens with zero attached hydrogens (tertiary/aromatic N) is 1. The number of β-amino-alcohol motifs (C(OH)–C–C–N with tert-alkyl or cyclic N) is 1. The Morgan fingerprint density at radius 3 is 2.69 bits per heavy atom. The van der Waals surface area contributed by atoms with E-state index in [1.807, 2.05) is 0 Å². The molecule has 4 heteroatoms. The first kappa shape index (κ1) is 8.97. The molecule has 74 valence electrons. The molecule has 2 fully saturated rings. The highest BCUT2D eigenvalue weighted by Crippen LogP contribution is 2.30. The fourth-order valence-corrected chi connectivity index (χ4v) is 2.05. The number of likely N-dealkylation sites (tertiary alicyclic amines) is 1. The lowest BCUT2D eigenvalue weighted by Crippen LogP contribution is -2.48. The van der Waals surface area contributed by atoms with E-state index in [0.717, 1.165) is 12.8 Å². The summed E-state index contributed by atoms with van der Waals surface area (Å²) in [5.74, 6) is 0.0899. The summed E-state index contributed by atoms with van der Waals surface area (Å²) >= 11 is 0. The van der Waals surface area contributed by atoms with Crippen molar-refractivity contribution >= 4 is 5.91 Å². The van der Waals surface area contributed by atoms with Gasteiger partial charge in [-0.05, 0) is 12.8 Å². The lowest BCUT2D eigenvalue weighted by molar-refractivity contribution is -0.134. The topological polar surface area (TPSA) is 49.8 Å². The maximum atomic E-state index is 11.3. The third kappa shape index (κ3) is 1.56. The van der Waals surface area contributed by atoms with Gasteiger partial charge in [-0.2, -0.15) is 0 Å². The number of hydrogen-bond donors (Lipinski definition) is 1. The number of carbonyl (C=O) groups excluding carboxylic acids is 1. The molecule has 0 radical (unpaired) electrons. The summed E-state index contributed by atoms with van der Waals surface area (Å²) in [6.45, 7) is 0.514. The summed E-state index contributed by atoms with van der Waals surface area (Å²) < 4.78 is 5.14. The van der Waals surface area contributed by atoms with Crippen molar-refractivity contribution in [3.05, 3.63) is 0 Å². The molecule has 0 bridgehead atoms. The van der Waals surface area contributed by atoms with Crippen molar-refractivity contribution in [2.24, 2.45) is 0 Å². The zero-order valence-electron chi connectivity index (χ0n) is 7.77. The average Bonchev–Trinajstić information content (AvgIpc) is 2.29. The van der Waals surface area contributed by atoms with Crippen LogP contribution in [0, 0.1) is 0 Å². The highest BCUT2D eigenvalue weighted by Gasteiger charge is 2.40. The molecule has 1 heterocycles. The molecule has 4 nitrogen and oxygen atoms in total. The molecular formula is C9H15NO3. The van der Waals surface area contributed by atoms with Gasteiger partial charge in [0.15, 0.2) is 0 Å². The van der Waals surface area contributed by atoms with Gasteiger partial charge in [0.1, 0.15) is 0 Å². The Morgan fingerprint density at radius 1 is 1.54 bits per heavy atom. The summed E-state index contributed by atoms with van der Waals surface area (Å²) in [7, 11) is 1.70. The van der Waals surface area contributed by atoms with Gasteiger partial charge in [-0.15, -0.1) is 0 Å². The molecule has 0 aromatic rings. The largest absolute Gasteiger partial charge is 0.391 e. The summed E-state index contributed by atoms with van der Waals surface area (Å²) in [6, 6.07) is 0.314. The van der Waals surface area contributed by atoms with Gasteiger partial charge in [0.2, 0.25) is 5.91 Å². The zero-order valence-corrected chi connectivity index (χ0v) is 7.77. The smallest absolute Gasteiger partial charge is 0.225 e. The Balaban J connectivity index is 1.86. The van der Waals surface area contributed by atoms with Crippen molar-refractivity contribution < 1.29 is 14.6 Å². The standard InChI is InChI=1S/C9H15NO3/c1-13-8-2-6(3-8)10-5-7(11)4-9(10)12/h6-8,11H,2-5H2,1H3. The number of aliphatic hydroxyl groups is 1. The monoisotopic (exact) mass is 185 g/mol. The van der Waals surface area contributed by atoms with Crippen LogP contribution in [0.3, 0.4) is 0 Å². The van der Waals surface area contributed by atoms with Crippen LogP contribution in [-0.4, -0.2) is 47.8 Å². The molecule has 0 aromatic carbocycles. The van der Waals surface area contributed by atoms with Gasteiger partial charge in [-0.25, -0.2) is 0 Å². The number of aliphatic hydroxyl groups excluding tert-OH is 1. The van der Waals surface area contributed by atoms with E-state index in [0.29, 0.717) is 25.1 Å². The molecule has 2 rings (SSSR count). The summed E-state index contributed by atoms with van der Waals surface area (Å²) in [5, 5.41) is 9.27. The fourth-order valence-electron chi connectivity index (χ4n) is 2.05. The first-order valence-electron chi connectivity index (χ1n) is 4.71. The van der Waals surface area contributed by atoms with Crippen LogP contribution in [0.1, 0.15) is 19.3 Å². The Bertz CT molecular complexity index is 213. The molecule has 1 aliphatic heterocycles. The molecule has 13 heavy (non-hydrogen) atoms. The van der Waals surface area contributed by atoms with Crippen molar-refractivity contribution in [3.8, 4) is 0 Å². The van der Waals surface area contributed by atoms with E-state index in [1.165, 1.54) is 0 Å². The van der Waals surface area contributed by atoms with E-state index in [2.05, 4.69) is 0 Å². The highest BCUT2D eigenvalue weighted by molar-refractivity contribution is 5.79. The Morgan fingerprint density at radius 2 is 2.23 bits per heavy atom. The summed E-state index contributed by atoms with van der Waals surface area (Å²) in [5.41, 5.74) is 0. The first-order valence-corrected chi connectivity index (χ1v) is 4.71. The predicted molar refractivity (Wildman–Crippen MR) is 46.2 cm³/mol. The third-order valence-electron chi connectivity index (χ3n) is 2.98. The molecule has 0 spiro atoms. The van der Waals surface area contributed by atoms with Crippen LogP contribution in [0.5, 0.6) is 0 Å². The first-order chi connectivity index (χ1) is 6.20. The molecule has 1 N–H and O–H groups in total. The Hall–Kier alpha value is -0.610. The van der Waals surface area contributed by atoms with Crippen molar-refractivity contribution in [2.45, 2.75) is 37.5 Å². The molecule has 2 aliphatic rings. The molecule has 1 aliphatic carbocycles. The van der Waals surface area contributed by atoms with Crippen LogP contribution in [0.15, 0.2) is 0 Å². The van der Waals surface area contributed by atoms with Gasteiger partial charge < -0.3 is 14.7 Å². The molecule has 1 atom stereocenters. The van der Waals surface area contributed by atoms with Crippen LogP contribution in [0.2, 0.25) is 0 Å². The van der Waals surface area contributed by atoms with Gasteiger partial charge in [-0.3, -0.25) is 4.79 Å². The maximum Gasteiger partial charge on any atom is 0.225 e. The predicted octanol–water partition coefficient (Wildman–Crippen LogP) is -0.243. The van der Waals surface area contributed by atoms with E-state index < -0.39 is 6.10 Å². The van der Waals surface area contributed by atoms with E-state index in [1.54, 1.807) is 12.0 Å². The van der Waals surface area contributed by atoms with Crippen LogP contribution in [0.4, 0.5) is 0 Å². The quantitative estimate of drug-likeness (QED) is 0.645. The van der Waals surface area contributed by atoms with Crippen molar-refractivity contribution in [2.75, 3.05) is 13.7 Å². The molecular weight excluding hydrogens is 170 g/mol. The van der Waals surface area contributed by atoms with Crippen molar-refractivity contribution in [3.63, 3.8) is 0 Å². The molecule has 1 unspecified atom stereocenters. The van der Waals surface area contributed by atoms with Gasteiger partial charge in [0, 0.05) is 19.7 Å². The number of rotatable bonds is 2. The minimum Gasteiger partial charge on any atom is -0.391 e. The lowest BCUT2D eigenvalue weighted by Gasteiger charge is -2.40. The van der Waals surface area contributed by atoms with Crippen LogP contribution in [0.25, 0.3) is 0 Å². The van der Waals surface area contributed by atoms with Crippen LogP contribution in [-0.2, 0) is 9.53 Å². The second kappa shape index (κ2) is 3.27. The molecule has 1 saturated carbocycles. The molecule has 0 aromatic heterocycles. The van der Waals surface area contributed by atoms with E-state index >= 15 is 0 Å². The summed E-state index contributed by atoms with van der Waals surface area (Å²) in [4.78, 5) is 13.1. The maximum absolute atomic E-state index is 11.3. The average molecular weight is 185 g/mol. The Kier molecular flexibility index (Phi) is 2.26. The molecule has 1 amide bonds. The van der Waals surface area contributed by atoms with Crippen molar-refractivity contribution in [1.29, 1.82) is 0 Å². The SMILES string of the molecule is COC1CC(N2CC(O)CC2=O)C1. The summed E-state index contributed by atoms with van der Waals surface area (Å²) in [6.07, 6.45) is 2.02. The van der Waals surface area contributed by atoms with E-state index in [9.17, 15) is 9.90 Å². The Labute approximate surface area is 77.5 Å². The number of carbonyl (C=O) groups is 1. The van der Waals surface area contributed by atoms with E-state index in [4.69, 9.17) is 4.74 Å². The van der Waals surface area contributed by atoms with Crippen LogP contribution < -0.4 is 0 Å². The number of ether oxygens (including phenoxy) is 1. The van der Waals surface area contributed by atoms with Crippen molar-refractivity contribution in [1.82, 2.24) is 4.90 Å². The fraction of sp³-hybridized carbons (Fsp3) is 0.889. The minimum absolute atomic E-state index is 0.0899. The second-order valence-electron chi connectivity index (χ2n) is 3.89. The number of amides is 1.